The summed E-state index contributed by atoms with van der Waals surface area (Å²) in [6, 6.07) is 7.56. The molecule has 0 saturated heterocycles. The van der Waals surface area contributed by atoms with Crippen LogP contribution in [0.25, 0.3) is 0 Å². The molecular formula is C10H9NO4. The summed E-state index contributed by atoms with van der Waals surface area (Å²) in [5.74, 6) is -1.49. The first-order valence-corrected chi connectivity index (χ1v) is 4.15. The number of hydrogen-bond acceptors (Lipinski definition) is 4. The van der Waals surface area contributed by atoms with Gasteiger partial charge in [-0.1, -0.05) is 12.1 Å². The number of carbonyl (C=O) groups is 1. The van der Waals surface area contributed by atoms with Crippen LogP contribution in [-0.2, 0) is 4.79 Å². The second kappa shape index (κ2) is 4.55. The number of aliphatic hydroxyl groups is 2. The second-order valence-corrected chi connectivity index (χ2v) is 2.96. The van der Waals surface area contributed by atoms with Crippen molar-refractivity contribution < 1.29 is 20.1 Å². The van der Waals surface area contributed by atoms with E-state index in [9.17, 15) is 9.90 Å². The van der Waals surface area contributed by atoms with Crippen LogP contribution in [0.2, 0.25) is 0 Å². The number of carboxylic acid groups (broad SMARTS) is 1. The monoisotopic (exact) mass is 207 g/mol. The van der Waals surface area contributed by atoms with Gasteiger partial charge in [0.15, 0.2) is 6.10 Å². The van der Waals surface area contributed by atoms with Crippen molar-refractivity contribution in [3.8, 4) is 6.07 Å². The third-order valence-electron chi connectivity index (χ3n) is 1.93. The number of hydrogen-bond donors (Lipinski definition) is 3. The summed E-state index contributed by atoms with van der Waals surface area (Å²) < 4.78 is 0. The molecule has 0 aromatic heterocycles. The Balaban J connectivity index is 2.88. The van der Waals surface area contributed by atoms with Crippen LogP contribution in [0.1, 0.15) is 17.2 Å². The number of nitriles is 1. The van der Waals surface area contributed by atoms with Gasteiger partial charge < -0.3 is 15.3 Å². The highest BCUT2D eigenvalue weighted by molar-refractivity contribution is 5.73. The molecule has 0 aliphatic carbocycles. The normalized spacial score (nSPS) is 13.9. The molecule has 0 saturated carbocycles. The molecule has 1 aromatic carbocycles. The fraction of sp³-hybridized carbons (Fsp3) is 0.200. The van der Waals surface area contributed by atoms with Gasteiger partial charge in [-0.15, -0.1) is 0 Å². The van der Waals surface area contributed by atoms with E-state index < -0.39 is 18.2 Å². The molecule has 0 radical (unpaired) electrons. The summed E-state index contributed by atoms with van der Waals surface area (Å²) >= 11 is 0. The Morgan fingerprint density at radius 2 is 1.80 bits per heavy atom. The summed E-state index contributed by atoms with van der Waals surface area (Å²) in [5, 5.41) is 35.4. The fourth-order valence-corrected chi connectivity index (χ4v) is 1.07. The minimum atomic E-state index is -1.86. The first-order valence-electron chi connectivity index (χ1n) is 4.15. The van der Waals surface area contributed by atoms with Crippen LogP contribution in [0.3, 0.4) is 0 Å². The predicted octanol–water partition coefficient (Wildman–Crippen LogP) is 0.0372. The van der Waals surface area contributed by atoms with Crippen molar-refractivity contribution in [3.05, 3.63) is 35.4 Å². The van der Waals surface area contributed by atoms with Crippen molar-refractivity contribution in [2.24, 2.45) is 0 Å². The summed E-state index contributed by atoms with van der Waals surface area (Å²) in [5.41, 5.74) is 0.652. The molecule has 2 atom stereocenters. The van der Waals surface area contributed by atoms with Crippen molar-refractivity contribution >= 4 is 5.97 Å². The van der Waals surface area contributed by atoms with E-state index >= 15 is 0 Å². The zero-order valence-electron chi connectivity index (χ0n) is 7.66. The Kier molecular flexibility index (Phi) is 3.39. The van der Waals surface area contributed by atoms with Gasteiger partial charge in [0.25, 0.3) is 0 Å². The van der Waals surface area contributed by atoms with Crippen molar-refractivity contribution in [1.29, 1.82) is 5.26 Å². The molecule has 5 nitrogen and oxygen atoms in total. The Morgan fingerprint density at radius 1 is 1.27 bits per heavy atom. The molecule has 0 heterocycles. The average Bonchev–Trinajstić information content (AvgIpc) is 2.27. The van der Waals surface area contributed by atoms with E-state index in [4.69, 9.17) is 15.5 Å². The molecule has 78 valence electrons. The van der Waals surface area contributed by atoms with Crippen molar-refractivity contribution in [2.45, 2.75) is 12.2 Å². The number of nitrogens with zero attached hydrogens (tertiary/aromatic N) is 1. The summed E-state index contributed by atoms with van der Waals surface area (Å²) in [4.78, 5) is 10.4. The van der Waals surface area contributed by atoms with Gasteiger partial charge in [-0.05, 0) is 17.7 Å². The van der Waals surface area contributed by atoms with Gasteiger partial charge in [0, 0.05) is 0 Å². The Morgan fingerprint density at radius 3 is 2.20 bits per heavy atom. The third-order valence-corrected chi connectivity index (χ3v) is 1.93. The summed E-state index contributed by atoms with van der Waals surface area (Å²) in [6.07, 6.45) is -3.35. The molecule has 0 spiro atoms. The molecule has 0 bridgehead atoms. The molecular weight excluding hydrogens is 198 g/mol. The van der Waals surface area contributed by atoms with E-state index in [1.54, 1.807) is 0 Å². The summed E-state index contributed by atoms with van der Waals surface area (Å²) in [7, 11) is 0. The number of aliphatic hydroxyl groups excluding tert-OH is 2. The van der Waals surface area contributed by atoms with E-state index in [0.29, 0.717) is 5.56 Å². The van der Waals surface area contributed by atoms with Gasteiger partial charge in [-0.2, -0.15) is 5.26 Å². The van der Waals surface area contributed by atoms with E-state index in [0.717, 1.165) is 0 Å². The molecule has 0 aliphatic heterocycles. The first-order chi connectivity index (χ1) is 7.06. The third kappa shape index (κ3) is 2.53. The smallest absolute Gasteiger partial charge is 0.335 e. The predicted molar refractivity (Wildman–Crippen MR) is 49.8 cm³/mol. The van der Waals surface area contributed by atoms with Crippen molar-refractivity contribution in [1.82, 2.24) is 0 Å². The first kappa shape index (κ1) is 11.2. The van der Waals surface area contributed by atoms with Crippen molar-refractivity contribution in [2.75, 3.05) is 0 Å². The van der Waals surface area contributed by atoms with Crippen LogP contribution in [0.5, 0.6) is 0 Å². The topological polar surface area (TPSA) is 102 Å². The van der Waals surface area contributed by atoms with Gasteiger partial charge in [0.1, 0.15) is 6.10 Å². The number of benzene rings is 1. The van der Waals surface area contributed by atoms with Gasteiger partial charge in [0.2, 0.25) is 0 Å². The molecule has 1 aromatic rings. The molecule has 1 rings (SSSR count). The van der Waals surface area contributed by atoms with Crippen LogP contribution >= 0.6 is 0 Å². The van der Waals surface area contributed by atoms with E-state index in [1.807, 2.05) is 6.07 Å². The highest BCUT2D eigenvalue weighted by Crippen LogP contribution is 2.17. The lowest BCUT2D eigenvalue weighted by molar-refractivity contribution is -0.153. The highest BCUT2D eigenvalue weighted by Gasteiger charge is 2.24. The molecule has 15 heavy (non-hydrogen) atoms. The Labute approximate surface area is 85.8 Å². The van der Waals surface area contributed by atoms with E-state index in [-0.39, 0.29) is 5.56 Å². The SMILES string of the molecule is N#Cc1ccc(C(O)C(O)C(=O)O)cc1. The van der Waals surface area contributed by atoms with Crippen LogP contribution in [0, 0.1) is 11.3 Å². The molecule has 0 amide bonds. The summed E-state index contributed by atoms with van der Waals surface area (Å²) in [6.45, 7) is 0. The highest BCUT2D eigenvalue weighted by atomic mass is 16.4. The lowest BCUT2D eigenvalue weighted by Crippen LogP contribution is -2.27. The minimum absolute atomic E-state index is 0.254. The standard InChI is InChI=1S/C10H9NO4/c11-5-6-1-3-7(4-2-6)8(12)9(13)10(14)15/h1-4,8-9,12-13H,(H,14,15). The van der Waals surface area contributed by atoms with Crippen LogP contribution in [0.4, 0.5) is 0 Å². The van der Waals surface area contributed by atoms with Crippen molar-refractivity contribution in [3.63, 3.8) is 0 Å². The van der Waals surface area contributed by atoms with Gasteiger partial charge in [-0.3, -0.25) is 0 Å². The van der Waals surface area contributed by atoms with E-state index in [2.05, 4.69) is 0 Å². The quantitative estimate of drug-likeness (QED) is 0.649. The van der Waals surface area contributed by atoms with Gasteiger partial charge >= 0.3 is 5.97 Å². The van der Waals surface area contributed by atoms with Gasteiger partial charge in [0.05, 0.1) is 11.6 Å². The average molecular weight is 207 g/mol. The second-order valence-electron chi connectivity index (χ2n) is 2.96. The largest absolute Gasteiger partial charge is 0.479 e. The van der Waals surface area contributed by atoms with E-state index in [1.165, 1.54) is 24.3 Å². The Bertz CT molecular complexity index is 393. The van der Waals surface area contributed by atoms with Gasteiger partial charge in [-0.25, -0.2) is 4.79 Å². The van der Waals surface area contributed by atoms with Crippen LogP contribution in [-0.4, -0.2) is 27.4 Å². The Hall–Kier alpha value is -1.90. The zero-order chi connectivity index (χ0) is 11.4. The number of aliphatic carboxylic acids is 1. The molecule has 5 heteroatoms. The number of rotatable bonds is 3. The fourth-order valence-electron chi connectivity index (χ4n) is 1.07. The molecule has 0 aliphatic rings. The lowest BCUT2D eigenvalue weighted by Gasteiger charge is -2.13. The minimum Gasteiger partial charge on any atom is -0.479 e. The molecule has 3 N–H and O–H groups in total. The zero-order valence-corrected chi connectivity index (χ0v) is 7.66. The maximum absolute atomic E-state index is 10.4. The van der Waals surface area contributed by atoms with Crippen LogP contribution in [0.15, 0.2) is 24.3 Å². The lowest BCUT2D eigenvalue weighted by atomic mass is 10.0. The maximum Gasteiger partial charge on any atom is 0.335 e. The number of carboxylic acids is 1. The maximum atomic E-state index is 10.4. The molecule has 2 unspecified atom stereocenters. The van der Waals surface area contributed by atoms with Crippen LogP contribution < -0.4 is 0 Å². The molecule has 0 fully saturated rings.